The molecule has 0 aromatic heterocycles. The Bertz CT molecular complexity index is 176. The van der Waals surface area contributed by atoms with Gasteiger partial charge in [0.25, 0.3) is 0 Å². The summed E-state index contributed by atoms with van der Waals surface area (Å²) in [6.07, 6.45) is 4.06. The predicted octanol–water partition coefficient (Wildman–Crippen LogP) is 2.14. The van der Waals surface area contributed by atoms with E-state index in [9.17, 15) is 0 Å². The molecule has 2 rings (SSSR count). The first-order valence-corrected chi connectivity index (χ1v) is 7.40. The van der Waals surface area contributed by atoms with Gasteiger partial charge in [-0.1, -0.05) is 0 Å². The molecule has 0 aromatic rings. The van der Waals surface area contributed by atoms with Gasteiger partial charge in [-0.05, 0) is 56.1 Å². The summed E-state index contributed by atoms with van der Waals surface area (Å²) in [5.74, 6) is 4.42. The molecule has 88 valence electrons. The zero-order chi connectivity index (χ0) is 10.5. The number of ether oxygens (including phenoxy) is 1. The van der Waals surface area contributed by atoms with Gasteiger partial charge < -0.3 is 10.1 Å². The first kappa shape index (κ1) is 11.7. The molecule has 0 aliphatic carbocycles. The zero-order valence-electron chi connectivity index (χ0n) is 9.71. The van der Waals surface area contributed by atoms with Gasteiger partial charge in [-0.15, -0.1) is 0 Å². The third-order valence-electron chi connectivity index (χ3n) is 3.74. The Labute approximate surface area is 97.5 Å². The predicted molar refractivity (Wildman–Crippen MR) is 66.4 cm³/mol. The van der Waals surface area contributed by atoms with Crippen molar-refractivity contribution in [1.82, 2.24) is 5.32 Å². The summed E-state index contributed by atoms with van der Waals surface area (Å²) in [5, 5.41) is 3.70. The van der Waals surface area contributed by atoms with Crippen molar-refractivity contribution in [2.24, 2.45) is 11.8 Å². The summed E-state index contributed by atoms with van der Waals surface area (Å²) in [4.78, 5) is 0. The molecule has 2 aliphatic heterocycles. The summed E-state index contributed by atoms with van der Waals surface area (Å²) in [6, 6.07) is 0.641. The molecule has 2 aliphatic rings. The van der Waals surface area contributed by atoms with Gasteiger partial charge in [0.1, 0.15) is 0 Å². The van der Waals surface area contributed by atoms with Crippen LogP contribution < -0.4 is 5.32 Å². The Morgan fingerprint density at radius 1 is 1.33 bits per heavy atom. The smallest absolute Gasteiger partial charge is 0.0509 e. The molecule has 15 heavy (non-hydrogen) atoms. The second-order valence-corrected chi connectivity index (χ2v) is 6.10. The lowest BCUT2D eigenvalue weighted by molar-refractivity contribution is 0.177. The maximum Gasteiger partial charge on any atom is 0.0509 e. The highest BCUT2D eigenvalue weighted by molar-refractivity contribution is 7.99. The van der Waals surface area contributed by atoms with Crippen LogP contribution in [0, 0.1) is 11.8 Å². The highest BCUT2D eigenvalue weighted by Gasteiger charge is 2.23. The number of rotatable bonds is 4. The van der Waals surface area contributed by atoms with Crippen molar-refractivity contribution in [3.05, 3.63) is 0 Å². The number of thioether (sulfide) groups is 1. The minimum Gasteiger partial charge on any atom is -0.381 e. The number of hydrogen-bond donors (Lipinski definition) is 1. The lowest BCUT2D eigenvalue weighted by atomic mass is 9.98. The molecule has 0 spiro atoms. The largest absolute Gasteiger partial charge is 0.381 e. The van der Waals surface area contributed by atoms with Crippen molar-refractivity contribution >= 4 is 11.8 Å². The first-order chi connectivity index (χ1) is 7.36. The maximum atomic E-state index is 5.43. The molecule has 0 bridgehead atoms. The fourth-order valence-corrected chi connectivity index (χ4v) is 3.62. The van der Waals surface area contributed by atoms with Gasteiger partial charge in [0.15, 0.2) is 0 Å². The van der Waals surface area contributed by atoms with Crippen molar-refractivity contribution in [2.75, 3.05) is 31.3 Å². The second kappa shape index (κ2) is 6.12. The minimum absolute atomic E-state index is 0.641. The maximum absolute atomic E-state index is 5.43. The van der Waals surface area contributed by atoms with E-state index in [2.05, 4.69) is 24.0 Å². The van der Waals surface area contributed by atoms with Crippen LogP contribution in [-0.2, 0) is 4.74 Å². The topological polar surface area (TPSA) is 21.3 Å². The van der Waals surface area contributed by atoms with Gasteiger partial charge in [0.2, 0.25) is 0 Å². The van der Waals surface area contributed by atoms with E-state index in [1.165, 1.54) is 37.3 Å². The zero-order valence-corrected chi connectivity index (χ0v) is 10.5. The molecule has 2 unspecified atom stereocenters. The van der Waals surface area contributed by atoms with Crippen LogP contribution in [-0.4, -0.2) is 37.3 Å². The van der Waals surface area contributed by atoms with Gasteiger partial charge in [0, 0.05) is 12.6 Å². The van der Waals surface area contributed by atoms with Crippen molar-refractivity contribution in [3.8, 4) is 0 Å². The van der Waals surface area contributed by atoms with Gasteiger partial charge in [-0.3, -0.25) is 0 Å². The van der Waals surface area contributed by atoms with E-state index in [1.807, 2.05) is 0 Å². The molecule has 2 atom stereocenters. The lowest BCUT2D eigenvalue weighted by Crippen LogP contribution is -2.37. The third-order valence-corrected chi connectivity index (χ3v) is 4.79. The fourth-order valence-electron chi connectivity index (χ4n) is 2.42. The van der Waals surface area contributed by atoms with E-state index in [-0.39, 0.29) is 0 Å². The molecule has 0 saturated carbocycles. The Morgan fingerprint density at radius 3 is 2.80 bits per heavy atom. The van der Waals surface area contributed by atoms with E-state index in [1.54, 1.807) is 0 Å². The quantitative estimate of drug-likeness (QED) is 0.798. The molecule has 2 fully saturated rings. The fraction of sp³-hybridized carbons (Fsp3) is 1.00. The lowest BCUT2D eigenvalue weighted by Gasteiger charge is -2.25. The van der Waals surface area contributed by atoms with Crippen LogP contribution in [0.25, 0.3) is 0 Å². The Morgan fingerprint density at radius 2 is 2.13 bits per heavy atom. The van der Waals surface area contributed by atoms with Crippen LogP contribution in [0.4, 0.5) is 0 Å². The van der Waals surface area contributed by atoms with Crippen molar-refractivity contribution in [1.29, 1.82) is 0 Å². The Kier molecular flexibility index (Phi) is 4.79. The number of nitrogens with one attached hydrogen (secondary N) is 1. The van der Waals surface area contributed by atoms with Gasteiger partial charge in [0.05, 0.1) is 6.61 Å². The molecule has 1 N–H and O–H groups in total. The molecular weight excluding hydrogens is 206 g/mol. The normalized spacial score (nSPS) is 30.6. The highest BCUT2D eigenvalue weighted by atomic mass is 32.2. The molecule has 0 amide bonds. The Balaban J connectivity index is 1.63. The van der Waals surface area contributed by atoms with E-state index >= 15 is 0 Å². The van der Waals surface area contributed by atoms with Crippen LogP contribution in [0.1, 0.15) is 26.2 Å². The van der Waals surface area contributed by atoms with Crippen molar-refractivity contribution in [2.45, 2.75) is 32.2 Å². The highest BCUT2D eigenvalue weighted by Crippen LogP contribution is 2.23. The van der Waals surface area contributed by atoms with Gasteiger partial charge >= 0.3 is 0 Å². The molecule has 2 saturated heterocycles. The third kappa shape index (κ3) is 3.65. The summed E-state index contributed by atoms with van der Waals surface area (Å²) in [5.41, 5.74) is 0. The van der Waals surface area contributed by atoms with Gasteiger partial charge in [-0.2, -0.15) is 11.8 Å². The first-order valence-electron chi connectivity index (χ1n) is 6.25. The molecule has 3 heteroatoms. The van der Waals surface area contributed by atoms with Crippen molar-refractivity contribution in [3.63, 3.8) is 0 Å². The van der Waals surface area contributed by atoms with Crippen LogP contribution in [0.5, 0.6) is 0 Å². The summed E-state index contributed by atoms with van der Waals surface area (Å²) in [6.45, 7) is 5.47. The summed E-state index contributed by atoms with van der Waals surface area (Å²) >= 11 is 2.11. The van der Waals surface area contributed by atoms with Crippen molar-refractivity contribution < 1.29 is 4.74 Å². The van der Waals surface area contributed by atoms with E-state index in [0.29, 0.717) is 6.04 Å². The van der Waals surface area contributed by atoms with Gasteiger partial charge in [-0.25, -0.2) is 0 Å². The van der Waals surface area contributed by atoms with E-state index < -0.39 is 0 Å². The van der Waals surface area contributed by atoms with Crippen LogP contribution >= 0.6 is 11.8 Å². The molecule has 0 aromatic carbocycles. The average molecular weight is 229 g/mol. The van der Waals surface area contributed by atoms with Crippen LogP contribution in [0.3, 0.4) is 0 Å². The molecule has 2 nitrogen and oxygen atoms in total. The number of hydrogen-bond acceptors (Lipinski definition) is 3. The van der Waals surface area contributed by atoms with E-state index in [0.717, 1.165) is 25.0 Å². The standard InChI is InChI=1S/C12H23NOS/c1-10(12-2-5-14-9-12)13-8-11-3-6-15-7-4-11/h10-13H,2-9H2,1H3. The van der Waals surface area contributed by atoms with Crippen LogP contribution in [0.15, 0.2) is 0 Å². The second-order valence-electron chi connectivity index (χ2n) is 4.88. The Hall–Kier alpha value is 0.270. The average Bonchev–Trinajstić information content (AvgIpc) is 2.81. The molecule has 2 heterocycles. The SMILES string of the molecule is CC(NCC1CCSCC1)C1CCOC1. The summed E-state index contributed by atoms with van der Waals surface area (Å²) in [7, 11) is 0. The monoisotopic (exact) mass is 229 g/mol. The summed E-state index contributed by atoms with van der Waals surface area (Å²) < 4.78 is 5.43. The van der Waals surface area contributed by atoms with E-state index in [4.69, 9.17) is 4.74 Å². The molecular formula is C12H23NOS. The van der Waals surface area contributed by atoms with Crippen LogP contribution in [0.2, 0.25) is 0 Å². The minimum atomic E-state index is 0.641. The molecule has 0 radical (unpaired) electrons.